The van der Waals surface area contributed by atoms with Crippen molar-refractivity contribution in [3.05, 3.63) is 95.3 Å². The van der Waals surface area contributed by atoms with Gasteiger partial charge in [-0.05, 0) is 85.2 Å². The van der Waals surface area contributed by atoms with Gasteiger partial charge in [-0.3, -0.25) is 10.1 Å². The van der Waals surface area contributed by atoms with Crippen molar-refractivity contribution in [1.82, 2.24) is 35.5 Å². The predicted molar refractivity (Wildman–Crippen MR) is 157 cm³/mol. The Morgan fingerprint density at radius 3 is 2.80 bits per heavy atom. The first-order valence-corrected chi connectivity index (χ1v) is 14.1. The number of pyridine rings is 2. The van der Waals surface area contributed by atoms with Gasteiger partial charge in [-0.25, -0.2) is 9.97 Å². The van der Waals surface area contributed by atoms with Crippen LogP contribution in [0.5, 0.6) is 0 Å². The highest BCUT2D eigenvalue weighted by Crippen LogP contribution is 2.35. The molecule has 0 bridgehead atoms. The molecule has 5 heterocycles. The number of benzene rings is 1. The van der Waals surface area contributed by atoms with E-state index in [0.717, 1.165) is 51.5 Å². The molecule has 1 unspecified atom stereocenters. The molecule has 0 radical (unpaired) electrons. The lowest BCUT2D eigenvalue weighted by molar-refractivity contribution is 0.371. The Hall–Kier alpha value is -4.72. The SMILES string of the molecule is C=C(Nc1cncc(-c2ccc3[nH]nc(-c4nc5c([nH]4)C(c4ccc6c(c4)CCC6)NC=C5)c3n2)c1)C1CCC1. The number of aryl methyl sites for hydroxylation is 2. The van der Waals surface area contributed by atoms with E-state index < -0.39 is 0 Å². The molecular weight excluding hydrogens is 496 g/mol. The number of hydrogen-bond acceptors (Lipinski definition) is 6. The molecule has 0 spiro atoms. The summed E-state index contributed by atoms with van der Waals surface area (Å²) in [7, 11) is 0. The Morgan fingerprint density at radius 1 is 0.975 bits per heavy atom. The second-order valence-corrected chi connectivity index (χ2v) is 11.1. The number of H-pyrrole nitrogens is 2. The van der Waals surface area contributed by atoms with Crippen molar-refractivity contribution < 1.29 is 0 Å². The quantitative estimate of drug-likeness (QED) is 0.207. The number of anilines is 1. The molecule has 0 saturated heterocycles. The molecule has 2 aliphatic carbocycles. The van der Waals surface area contributed by atoms with Crippen LogP contribution in [-0.4, -0.2) is 30.1 Å². The highest BCUT2D eigenvalue weighted by Gasteiger charge is 2.26. The Labute approximate surface area is 232 Å². The average Bonchev–Trinajstić information content (AvgIpc) is 3.69. The number of hydrogen-bond donors (Lipinski definition) is 4. The van der Waals surface area contributed by atoms with E-state index in [4.69, 9.17) is 9.97 Å². The van der Waals surface area contributed by atoms with E-state index >= 15 is 0 Å². The first-order valence-electron chi connectivity index (χ1n) is 14.1. The Bertz CT molecular complexity index is 1810. The van der Waals surface area contributed by atoms with Gasteiger partial charge in [-0.1, -0.05) is 31.2 Å². The maximum atomic E-state index is 5.01. The van der Waals surface area contributed by atoms with Crippen LogP contribution in [0.3, 0.4) is 0 Å². The summed E-state index contributed by atoms with van der Waals surface area (Å²) < 4.78 is 0. The van der Waals surface area contributed by atoms with Crippen molar-refractivity contribution in [3.8, 4) is 22.8 Å². The van der Waals surface area contributed by atoms with Crippen LogP contribution in [0, 0.1) is 5.92 Å². The topological polar surface area (TPSA) is 107 Å². The van der Waals surface area contributed by atoms with E-state index in [9.17, 15) is 0 Å². The molecule has 1 fully saturated rings. The number of imidazole rings is 1. The summed E-state index contributed by atoms with van der Waals surface area (Å²) in [5.74, 6) is 1.25. The van der Waals surface area contributed by atoms with E-state index in [0.29, 0.717) is 17.4 Å². The number of aromatic nitrogens is 6. The van der Waals surface area contributed by atoms with E-state index in [1.54, 1.807) is 0 Å². The number of aromatic amines is 2. The summed E-state index contributed by atoms with van der Waals surface area (Å²) in [6.07, 6.45) is 14.9. The first kappa shape index (κ1) is 23.2. The Morgan fingerprint density at radius 2 is 1.90 bits per heavy atom. The van der Waals surface area contributed by atoms with Gasteiger partial charge in [0.05, 0.1) is 40.5 Å². The fourth-order valence-corrected chi connectivity index (χ4v) is 6.12. The number of allylic oxidation sites excluding steroid dienone is 1. The Kier molecular flexibility index (Phi) is 5.33. The normalized spacial score (nSPS) is 17.8. The van der Waals surface area contributed by atoms with Crippen LogP contribution in [0.25, 0.3) is 39.9 Å². The van der Waals surface area contributed by atoms with E-state index in [2.05, 4.69) is 61.6 Å². The average molecular weight is 527 g/mol. The molecule has 4 aromatic heterocycles. The van der Waals surface area contributed by atoms with Crippen LogP contribution in [-0.2, 0) is 12.8 Å². The molecule has 3 aliphatic rings. The van der Waals surface area contributed by atoms with Gasteiger partial charge < -0.3 is 15.6 Å². The smallest absolute Gasteiger partial charge is 0.161 e. The largest absolute Gasteiger partial charge is 0.379 e. The number of nitrogens with zero attached hydrogens (tertiary/aromatic N) is 4. The van der Waals surface area contributed by atoms with Gasteiger partial charge in [-0.2, -0.15) is 5.10 Å². The van der Waals surface area contributed by atoms with Crippen LogP contribution in [0.1, 0.15) is 59.8 Å². The van der Waals surface area contributed by atoms with Crippen LogP contribution in [0.15, 0.2) is 67.3 Å². The predicted octanol–water partition coefficient (Wildman–Crippen LogP) is 6.29. The second-order valence-electron chi connectivity index (χ2n) is 11.1. The summed E-state index contributed by atoms with van der Waals surface area (Å²) in [4.78, 5) is 18.0. The van der Waals surface area contributed by atoms with Gasteiger partial charge in [0.25, 0.3) is 0 Å². The monoisotopic (exact) mass is 526 g/mol. The summed E-state index contributed by atoms with van der Waals surface area (Å²) >= 11 is 0. The zero-order valence-electron chi connectivity index (χ0n) is 22.2. The van der Waals surface area contributed by atoms with Crippen LogP contribution in [0.4, 0.5) is 5.69 Å². The maximum Gasteiger partial charge on any atom is 0.161 e. The van der Waals surface area contributed by atoms with Gasteiger partial charge in [0, 0.05) is 17.5 Å². The standard InChI is InChI=1S/C32H30N8/c1-18(19-4-2-5-19)35-24-15-23(16-33-17-24)25-10-11-27-30(36-25)31(40-39-27)32-37-26-12-13-34-28(29(26)38-32)22-9-8-20-6-3-7-21(20)14-22/h8-17,19,28,34-35H,1-7H2,(H,37,38)(H,39,40). The van der Waals surface area contributed by atoms with Gasteiger partial charge in [0.2, 0.25) is 0 Å². The highest BCUT2D eigenvalue weighted by atomic mass is 15.2. The third-order valence-corrected chi connectivity index (χ3v) is 8.58. The summed E-state index contributed by atoms with van der Waals surface area (Å²) in [6.45, 7) is 4.23. The molecule has 8 nitrogen and oxygen atoms in total. The molecule has 40 heavy (non-hydrogen) atoms. The minimum Gasteiger partial charge on any atom is -0.379 e. The molecule has 0 amide bonds. The van der Waals surface area contributed by atoms with Gasteiger partial charge >= 0.3 is 0 Å². The zero-order valence-corrected chi connectivity index (χ0v) is 22.2. The lowest BCUT2D eigenvalue weighted by Crippen LogP contribution is -2.21. The number of rotatable bonds is 6. The minimum absolute atomic E-state index is 0.0110. The van der Waals surface area contributed by atoms with Gasteiger partial charge in [-0.15, -0.1) is 0 Å². The zero-order chi connectivity index (χ0) is 26.6. The van der Waals surface area contributed by atoms with E-state index in [-0.39, 0.29) is 6.04 Å². The van der Waals surface area contributed by atoms with Crippen LogP contribution >= 0.6 is 0 Å². The van der Waals surface area contributed by atoms with Crippen molar-refractivity contribution in [2.45, 2.75) is 44.6 Å². The van der Waals surface area contributed by atoms with Crippen LogP contribution in [0.2, 0.25) is 0 Å². The molecule has 5 aromatic rings. The minimum atomic E-state index is 0.0110. The van der Waals surface area contributed by atoms with Crippen molar-refractivity contribution in [1.29, 1.82) is 0 Å². The molecule has 1 saturated carbocycles. The third-order valence-electron chi connectivity index (χ3n) is 8.58. The van der Waals surface area contributed by atoms with E-state index in [1.807, 2.05) is 36.8 Å². The molecule has 4 N–H and O–H groups in total. The molecule has 8 rings (SSSR count). The van der Waals surface area contributed by atoms with Gasteiger partial charge in [0.1, 0.15) is 5.52 Å². The molecule has 8 heteroatoms. The lowest BCUT2D eigenvalue weighted by atomic mass is 9.83. The fourth-order valence-electron chi connectivity index (χ4n) is 6.12. The third kappa shape index (κ3) is 3.90. The highest BCUT2D eigenvalue weighted by molar-refractivity contribution is 5.89. The summed E-state index contributed by atoms with van der Waals surface area (Å²) in [5, 5.41) is 14.7. The van der Waals surface area contributed by atoms with Crippen molar-refractivity contribution in [2.75, 3.05) is 5.32 Å². The molecule has 198 valence electrons. The fraction of sp³-hybridized carbons (Fsp3) is 0.250. The van der Waals surface area contributed by atoms with Crippen molar-refractivity contribution in [3.63, 3.8) is 0 Å². The van der Waals surface area contributed by atoms with Crippen molar-refractivity contribution >= 4 is 22.8 Å². The number of nitrogens with one attached hydrogen (secondary N) is 4. The number of fused-ring (bicyclic) bond motifs is 3. The Balaban J connectivity index is 1.12. The van der Waals surface area contributed by atoms with Crippen molar-refractivity contribution in [2.24, 2.45) is 5.92 Å². The summed E-state index contributed by atoms with van der Waals surface area (Å²) in [6, 6.07) is 13.0. The van der Waals surface area contributed by atoms with Crippen LogP contribution < -0.4 is 10.6 Å². The van der Waals surface area contributed by atoms with Gasteiger partial charge in [0.15, 0.2) is 11.5 Å². The maximum absolute atomic E-state index is 5.01. The molecular formula is C32H30N8. The second kappa shape index (κ2) is 9.19. The van der Waals surface area contributed by atoms with E-state index in [1.165, 1.54) is 48.8 Å². The first-order chi connectivity index (χ1) is 19.7. The molecule has 1 aromatic carbocycles. The lowest BCUT2D eigenvalue weighted by Gasteiger charge is -2.28. The molecule has 1 aliphatic heterocycles. The summed E-state index contributed by atoms with van der Waals surface area (Å²) in [5.41, 5.74) is 12.2. The molecule has 1 atom stereocenters.